The van der Waals surface area contributed by atoms with Gasteiger partial charge in [-0.15, -0.1) is 0 Å². The smallest absolute Gasteiger partial charge is 0.256 e. The van der Waals surface area contributed by atoms with Gasteiger partial charge < -0.3 is 21.1 Å². The summed E-state index contributed by atoms with van der Waals surface area (Å²) in [6.07, 6.45) is 1.54. The molecule has 1 saturated heterocycles. The molecule has 0 saturated carbocycles. The number of β-amino-alcohol motifs (C(OH)–C–C–N with tert-alkyl or cyclic N) is 1. The van der Waals surface area contributed by atoms with Gasteiger partial charge in [0.15, 0.2) is 0 Å². The predicted molar refractivity (Wildman–Crippen MR) is 111 cm³/mol. The number of halogens is 2. The predicted octanol–water partition coefficient (Wildman–Crippen LogP) is 2.81. The fraction of sp³-hybridized carbons (Fsp3) is 0.250. The summed E-state index contributed by atoms with van der Waals surface area (Å²) in [5.74, 6) is -0.749. The Bertz CT molecular complexity index is 1100. The number of carbonyl (C=O) groups is 1. The van der Waals surface area contributed by atoms with E-state index in [1.165, 1.54) is 17.2 Å². The molecule has 29 heavy (non-hydrogen) atoms. The lowest BCUT2D eigenvalue weighted by Crippen LogP contribution is -2.70. The minimum Gasteiger partial charge on any atom is -0.385 e. The lowest BCUT2D eigenvalue weighted by atomic mass is 9.87. The van der Waals surface area contributed by atoms with Crippen molar-refractivity contribution < 1.29 is 14.3 Å². The van der Waals surface area contributed by atoms with Crippen LogP contribution >= 0.6 is 15.9 Å². The number of likely N-dealkylation sites (tertiary alicyclic amines) is 1. The average Bonchev–Trinajstić information content (AvgIpc) is 2.66. The zero-order valence-corrected chi connectivity index (χ0v) is 17.1. The van der Waals surface area contributed by atoms with Crippen LogP contribution in [0.2, 0.25) is 0 Å². The molecule has 1 aromatic heterocycles. The van der Waals surface area contributed by atoms with Crippen LogP contribution in [-0.2, 0) is 0 Å². The van der Waals surface area contributed by atoms with E-state index in [4.69, 9.17) is 5.73 Å². The molecule has 1 amide bonds. The lowest BCUT2D eigenvalue weighted by molar-refractivity contribution is -0.0931. The van der Waals surface area contributed by atoms with Gasteiger partial charge in [-0.05, 0) is 43.3 Å². The topological polar surface area (TPSA) is 104 Å². The highest BCUT2D eigenvalue weighted by Gasteiger charge is 2.46. The van der Waals surface area contributed by atoms with E-state index >= 15 is 0 Å². The van der Waals surface area contributed by atoms with Gasteiger partial charge in [0.2, 0.25) is 0 Å². The van der Waals surface area contributed by atoms with Crippen molar-refractivity contribution >= 4 is 44.1 Å². The number of carbonyl (C=O) groups excluding carboxylic acids is 1. The summed E-state index contributed by atoms with van der Waals surface area (Å²) in [5.41, 5.74) is 6.26. The van der Waals surface area contributed by atoms with E-state index in [1.807, 2.05) is 0 Å². The van der Waals surface area contributed by atoms with Gasteiger partial charge >= 0.3 is 0 Å². The van der Waals surface area contributed by atoms with Crippen LogP contribution in [0.15, 0.2) is 47.1 Å². The highest BCUT2D eigenvalue weighted by Crippen LogP contribution is 2.32. The molecule has 1 aliphatic heterocycles. The molecule has 2 aromatic carbocycles. The Kier molecular flexibility index (Phi) is 4.97. The number of amides is 1. The van der Waals surface area contributed by atoms with E-state index in [0.717, 1.165) is 5.39 Å². The van der Waals surface area contributed by atoms with Crippen molar-refractivity contribution in [2.75, 3.05) is 18.4 Å². The van der Waals surface area contributed by atoms with E-state index in [0.29, 0.717) is 21.2 Å². The Morgan fingerprint density at radius 2 is 2.07 bits per heavy atom. The Balaban J connectivity index is 1.72. The Morgan fingerprint density at radius 1 is 1.31 bits per heavy atom. The first-order valence-corrected chi connectivity index (χ1v) is 9.81. The molecule has 0 aliphatic carbocycles. The fourth-order valence-corrected chi connectivity index (χ4v) is 3.60. The molecular formula is C20H19BrFN5O2. The van der Waals surface area contributed by atoms with E-state index in [2.05, 4.69) is 31.4 Å². The lowest BCUT2D eigenvalue weighted by Gasteiger charge is -2.48. The molecule has 150 valence electrons. The SMILES string of the molecule is CC(N)C1(O)CN(C(=O)c2cc3ccnnc3cc2Nc2ccc(Br)cc2F)C1. The summed E-state index contributed by atoms with van der Waals surface area (Å²) in [6.45, 7) is 1.99. The number of aromatic nitrogens is 2. The largest absolute Gasteiger partial charge is 0.385 e. The van der Waals surface area contributed by atoms with Gasteiger partial charge in [-0.1, -0.05) is 15.9 Å². The van der Waals surface area contributed by atoms with E-state index < -0.39 is 17.5 Å². The van der Waals surface area contributed by atoms with Crippen molar-refractivity contribution in [3.05, 3.63) is 58.4 Å². The molecule has 0 bridgehead atoms. The van der Waals surface area contributed by atoms with Crippen LogP contribution in [0.4, 0.5) is 15.8 Å². The number of nitrogens with zero attached hydrogens (tertiary/aromatic N) is 3. The maximum atomic E-state index is 14.3. The minimum atomic E-state index is -1.09. The van der Waals surface area contributed by atoms with Gasteiger partial charge in [-0.3, -0.25) is 4.79 Å². The van der Waals surface area contributed by atoms with Crippen molar-refractivity contribution in [3.63, 3.8) is 0 Å². The number of fused-ring (bicyclic) bond motifs is 1. The van der Waals surface area contributed by atoms with Crippen LogP contribution in [0.25, 0.3) is 10.9 Å². The zero-order valence-electron chi connectivity index (χ0n) is 15.6. The van der Waals surface area contributed by atoms with Gasteiger partial charge in [-0.2, -0.15) is 10.2 Å². The van der Waals surface area contributed by atoms with Gasteiger partial charge in [0.1, 0.15) is 11.4 Å². The normalized spacial score (nSPS) is 16.4. The second-order valence-corrected chi connectivity index (χ2v) is 8.21. The van der Waals surface area contributed by atoms with Crippen LogP contribution in [0, 0.1) is 5.82 Å². The zero-order chi connectivity index (χ0) is 20.8. The minimum absolute atomic E-state index is 0.141. The molecule has 7 nitrogen and oxygen atoms in total. The highest BCUT2D eigenvalue weighted by molar-refractivity contribution is 9.10. The second kappa shape index (κ2) is 7.33. The third-order valence-electron chi connectivity index (χ3n) is 5.15. The number of hydrogen-bond donors (Lipinski definition) is 3. The number of rotatable bonds is 4. The molecule has 0 radical (unpaired) electrons. The summed E-state index contributed by atoms with van der Waals surface area (Å²) in [5, 5.41) is 22.0. The number of anilines is 2. The molecule has 4 N–H and O–H groups in total. The molecule has 9 heteroatoms. The molecule has 1 unspecified atom stereocenters. The quantitative estimate of drug-likeness (QED) is 0.553. The standard InChI is InChI=1S/C20H19BrFN5O2/c1-11(23)20(29)9-27(10-20)19(28)14-6-12-4-5-24-26-17(12)8-18(14)25-16-3-2-13(21)7-15(16)22/h2-8,11,25,29H,9-10,23H2,1H3. The summed E-state index contributed by atoms with van der Waals surface area (Å²) in [6, 6.07) is 9.26. The van der Waals surface area contributed by atoms with Gasteiger partial charge in [0.05, 0.1) is 41.7 Å². The van der Waals surface area contributed by atoms with Crippen molar-refractivity contribution in [3.8, 4) is 0 Å². The monoisotopic (exact) mass is 459 g/mol. The Hall–Kier alpha value is -2.62. The molecule has 1 aliphatic rings. The number of benzene rings is 2. The van der Waals surface area contributed by atoms with Crippen LogP contribution in [0.3, 0.4) is 0 Å². The number of aliphatic hydroxyl groups is 1. The van der Waals surface area contributed by atoms with E-state index in [-0.39, 0.29) is 24.7 Å². The number of nitrogens with one attached hydrogen (secondary N) is 1. The molecule has 4 rings (SSSR count). The van der Waals surface area contributed by atoms with Gasteiger partial charge in [0.25, 0.3) is 5.91 Å². The summed E-state index contributed by atoms with van der Waals surface area (Å²) in [7, 11) is 0. The first-order valence-electron chi connectivity index (χ1n) is 9.01. The van der Waals surface area contributed by atoms with Crippen LogP contribution in [-0.4, -0.2) is 50.8 Å². The van der Waals surface area contributed by atoms with Crippen LogP contribution in [0.1, 0.15) is 17.3 Å². The first-order chi connectivity index (χ1) is 13.8. The third kappa shape index (κ3) is 3.68. The van der Waals surface area contributed by atoms with E-state index in [1.54, 1.807) is 37.3 Å². The number of hydrogen-bond acceptors (Lipinski definition) is 6. The molecule has 1 fully saturated rings. The molecule has 0 spiro atoms. The molecule has 2 heterocycles. The average molecular weight is 460 g/mol. The van der Waals surface area contributed by atoms with Crippen molar-refractivity contribution in [2.24, 2.45) is 5.73 Å². The number of nitrogens with two attached hydrogens (primary N) is 1. The van der Waals surface area contributed by atoms with Crippen molar-refractivity contribution in [2.45, 2.75) is 18.6 Å². The summed E-state index contributed by atoms with van der Waals surface area (Å²) >= 11 is 3.23. The maximum absolute atomic E-state index is 14.3. The molecule has 3 aromatic rings. The molecule has 1 atom stereocenters. The third-order valence-corrected chi connectivity index (χ3v) is 5.64. The van der Waals surface area contributed by atoms with E-state index in [9.17, 15) is 14.3 Å². The van der Waals surface area contributed by atoms with Gasteiger partial charge in [-0.25, -0.2) is 4.39 Å². The fourth-order valence-electron chi connectivity index (χ4n) is 3.27. The van der Waals surface area contributed by atoms with Gasteiger partial charge in [0, 0.05) is 15.9 Å². The second-order valence-electron chi connectivity index (χ2n) is 7.29. The Labute approximate surface area is 174 Å². The van der Waals surface area contributed by atoms with Crippen molar-refractivity contribution in [1.29, 1.82) is 0 Å². The first kappa shape index (κ1) is 19.7. The van der Waals surface area contributed by atoms with Crippen molar-refractivity contribution in [1.82, 2.24) is 15.1 Å². The summed E-state index contributed by atoms with van der Waals surface area (Å²) < 4.78 is 15.0. The summed E-state index contributed by atoms with van der Waals surface area (Å²) in [4.78, 5) is 14.6. The molecular weight excluding hydrogens is 441 g/mol. The highest BCUT2D eigenvalue weighted by atomic mass is 79.9. The van der Waals surface area contributed by atoms with Crippen LogP contribution < -0.4 is 11.1 Å². The Morgan fingerprint density at radius 3 is 2.76 bits per heavy atom. The van der Waals surface area contributed by atoms with Crippen LogP contribution in [0.5, 0.6) is 0 Å². The maximum Gasteiger partial charge on any atom is 0.256 e.